The van der Waals surface area contributed by atoms with E-state index in [-0.39, 0.29) is 6.03 Å². The molecule has 3 fully saturated rings. The van der Waals surface area contributed by atoms with Gasteiger partial charge in [0.1, 0.15) is 5.75 Å². The quantitative estimate of drug-likeness (QED) is 0.903. The highest BCUT2D eigenvalue weighted by molar-refractivity contribution is 5.85. The van der Waals surface area contributed by atoms with Crippen molar-refractivity contribution in [1.29, 1.82) is 0 Å². The highest BCUT2D eigenvalue weighted by atomic mass is 16.5. The molecule has 1 N–H and O–H groups in total. The predicted molar refractivity (Wildman–Crippen MR) is 107 cm³/mol. The molecular weight excluding hydrogens is 340 g/mol. The second-order valence-electron chi connectivity index (χ2n) is 8.25. The van der Waals surface area contributed by atoms with Gasteiger partial charge in [-0.25, -0.2) is 4.79 Å². The average molecular weight is 370 g/mol. The molecule has 3 aliphatic rings. The number of hydrogen-bond donors (Lipinski definition) is 1. The zero-order valence-corrected chi connectivity index (χ0v) is 16.8. The summed E-state index contributed by atoms with van der Waals surface area (Å²) in [5, 5.41) is 1.23. The maximum absolute atomic E-state index is 12.5. The monoisotopic (exact) mass is 370 g/mol. The molecule has 3 aliphatic heterocycles. The van der Waals surface area contributed by atoms with Crippen LogP contribution in [0.15, 0.2) is 18.2 Å². The maximum Gasteiger partial charge on any atom is 0.319 e. The van der Waals surface area contributed by atoms with Gasteiger partial charge in [-0.15, -0.1) is 0 Å². The molecule has 2 atom stereocenters. The van der Waals surface area contributed by atoms with Gasteiger partial charge in [-0.1, -0.05) is 0 Å². The Kier molecular flexibility index (Phi) is 4.76. The normalized spacial score (nSPS) is 22.9. The zero-order valence-electron chi connectivity index (χ0n) is 16.8. The summed E-state index contributed by atoms with van der Waals surface area (Å²) >= 11 is 0. The van der Waals surface area contributed by atoms with Gasteiger partial charge in [0.25, 0.3) is 0 Å². The molecule has 0 radical (unpaired) electrons. The number of aromatic amines is 1. The molecule has 6 nitrogen and oxygen atoms in total. The molecule has 0 aliphatic carbocycles. The molecule has 2 bridgehead atoms. The maximum atomic E-state index is 12.5. The molecule has 0 saturated carbocycles. The summed E-state index contributed by atoms with van der Waals surface area (Å²) in [4.78, 5) is 22.4. The number of piperidine rings is 1. The van der Waals surface area contributed by atoms with Crippen LogP contribution in [0.25, 0.3) is 10.9 Å². The van der Waals surface area contributed by atoms with Crippen LogP contribution in [0.4, 0.5) is 4.79 Å². The third-order valence-electron chi connectivity index (χ3n) is 6.21. The van der Waals surface area contributed by atoms with E-state index in [0.717, 1.165) is 37.4 Å². The van der Waals surface area contributed by atoms with Gasteiger partial charge >= 0.3 is 6.03 Å². The van der Waals surface area contributed by atoms with Crippen LogP contribution < -0.4 is 4.74 Å². The fraction of sp³-hybridized carbons (Fsp3) is 0.571. The van der Waals surface area contributed by atoms with Gasteiger partial charge < -0.3 is 19.5 Å². The number of aromatic nitrogens is 1. The van der Waals surface area contributed by atoms with Crippen LogP contribution in [-0.2, 0) is 6.54 Å². The lowest BCUT2D eigenvalue weighted by molar-refractivity contribution is 0.121. The Labute approximate surface area is 161 Å². The number of benzene rings is 1. The van der Waals surface area contributed by atoms with E-state index < -0.39 is 0 Å². The van der Waals surface area contributed by atoms with E-state index in [9.17, 15) is 4.79 Å². The van der Waals surface area contributed by atoms with Gasteiger partial charge in [-0.3, -0.25) is 4.90 Å². The molecular formula is C21H30N4O2. The van der Waals surface area contributed by atoms with Crippen molar-refractivity contribution in [2.45, 2.75) is 32.4 Å². The van der Waals surface area contributed by atoms with Crippen molar-refractivity contribution in [3.8, 4) is 5.75 Å². The van der Waals surface area contributed by atoms with E-state index in [0.29, 0.717) is 12.0 Å². The zero-order chi connectivity index (χ0) is 19.1. The number of methoxy groups -OCH3 is 1. The molecule has 1 aromatic carbocycles. The lowest BCUT2D eigenvalue weighted by Gasteiger charge is -2.35. The lowest BCUT2D eigenvalue weighted by atomic mass is 9.94. The highest BCUT2D eigenvalue weighted by Crippen LogP contribution is 2.32. The summed E-state index contributed by atoms with van der Waals surface area (Å²) in [5.41, 5.74) is 3.73. The molecule has 6 heteroatoms. The van der Waals surface area contributed by atoms with Crippen molar-refractivity contribution in [3.63, 3.8) is 0 Å². The third-order valence-corrected chi connectivity index (χ3v) is 6.21. The first-order chi connectivity index (χ1) is 13.0. The summed E-state index contributed by atoms with van der Waals surface area (Å²) < 4.78 is 5.38. The Bertz CT molecular complexity index is 844. The Balaban J connectivity index is 1.56. The first-order valence-electron chi connectivity index (χ1n) is 9.81. The van der Waals surface area contributed by atoms with Crippen LogP contribution in [0.1, 0.15) is 24.1 Å². The molecule has 4 heterocycles. The van der Waals surface area contributed by atoms with Crippen LogP contribution >= 0.6 is 0 Å². The van der Waals surface area contributed by atoms with Crippen molar-refractivity contribution in [3.05, 3.63) is 29.5 Å². The summed E-state index contributed by atoms with van der Waals surface area (Å²) in [6, 6.07) is 6.78. The summed E-state index contributed by atoms with van der Waals surface area (Å²) in [6.45, 7) is 5.88. The fourth-order valence-corrected chi connectivity index (χ4v) is 4.66. The molecule has 2 aromatic rings. The third kappa shape index (κ3) is 3.38. The van der Waals surface area contributed by atoms with Crippen LogP contribution in [-0.4, -0.2) is 72.6 Å². The highest BCUT2D eigenvalue weighted by Gasteiger charge is 2.37. The Morgan fingerprint density at radius 1 is 1.26 bits per heavy atom. The average Bonchev–Trinajstić information content (AvgIpc) is 2.82. The lowest BCUT2D eigenvalue weighted by Crippen LogP contribution is -2.45. The first-order valence-corrected chi connectivity index (χ1v) is 9.81. The van der Waals surface area contributed by atoms with E-state index >= 15 is 0 Å². The predicted octanol–water partition coefficient (Wildman–Crippen LogP) is 3.06. The van der Waals surface area contributed by atoms with E-state index in [1.54, 1.807) is 12.0 Å². The largest absolute Gasteiger partial charge is 0.497 e. The number of fused-ring (bicyclic) bond motifs is 5. The van der Waals surface area contributed by atoms with Gasteiger partial charge in [0.05, 0.1) is 7.11 Å². The van der Waals surface area contributed by atoms with Gasteiger partial charge in [0.2, 0.25) is 0 Å². The first kappa shape index (κ1) is 18.2. The van der Waals surface area contributed by atoms with Gasteiger partial charge in [0.15, 0.2) is 0 Å². The number of carbonyl (C=O) groups is 1. The van der Waals surface area contributed by atoms with E-state index in [1.165, 1.54) is 29.5 Å². The Morgan fingerprint density at radius 2 is 2.07 bits per heavy atom. The van der Waals surface area contributed by atoms with Crippen LogP contribution in [0.3, 0.4) is 0 Å². The van der Waals surface area contributed by atoms with Crippen molar-refractivity contribution in [1.82, 2.24) is 19.7 Å². The Morgan fingerprint density at radius 3 is 2.81 bits per heavy atom. The van der Waals surface area contributed by atoms with Gasteiger partial charge in [-0.2, -0.15) is 0 Å². The Hall–Kier alpha value is -2.21. The molecule has 5 rings (SSSR count). The number of urea groups is 1. The van der Waals surface area contributed by atoms with Crippen molar-refractivity contribution >= 4 is 16.9 Å². The summed E-state index contributed by atoms with van der Waals surface area (Å²) in [7, 11) is 5.39. The van der Waals surface area contributed by atoms with Crippen LogP contribution in [0.2, 0.25) is 0 Å². The number of amides is 2. The molecule has 1 aromatic heterocycles. The van der Waals surface area contributed by atoms with Gasteiger partial charge in [0, 0.05) is 62.9 Å². The second kappa shape index (κ2) is 7.08. The molecule has 0 spiro atoms. The van der Waals surface area contributed by atoms with Crippen LogP contribution in [0.5, 0.6) is 5.75 Å². The molecule has 27 heavy (non-hydrogen) atoms. The number of hydrogen-bond acceptors (Lipinski definition) is 3. The number of ether oxygens (including phenoxy) is 1. The molecule has 0 unspecified atom stereocenters. The van der Waals surface area contributed by atoms with Crippen molar-refractivity contribution in [2.75, 3.05) is 40.8 Å². The number of nitrogens with one attached hydrogen (secondary N) is 1. The number of aryl methyl sites for hydroxylation is 1. The number of carbonyl (C=O) groups excluding carboxylic acids is 1. The molecule has 146 valence electrons. The fourth-order valence-electron chi connectivity index (χ4n) is 4.66. The summed E-state index contributed by atoms with van der Waals surface area (Å²) in [5.74, 6) is 1.46. The smallest absolute Gasteiger partial charge is 0.319 e. The number of rotatable bonds is 3. The molecule has 2 amide bonds. The van der Waals surface area contributed by atoms with E-state index in [2.05, 4.69) is 28.9 Å². The number of H-pyrrole nitrogens is 1. The van der Waals surface area contributed by atoms with E-state index in [1.807, 2.05) is 25.1 Å². The van der Waals surface area contributed by atoms with Crippen LogP contribution in [0, 0.1) is 12.8 Å². The minimum atomic E-state index is 0.141. The number of nitrogens with zero attached hydrogens (tertiary/aromatic N) is 3. The SMILES string of the molecule is COc1ccc2[nH]c(CN3C[C@H]4CC[C@@H]3CN(C(=O)N(C)C)C4)c(C)c2c1. The minimum absolute atomic E-state index is 0.141. The van der Waals surface area contributed by atoms with E-state index in [4.69, 9.17) is 4.74 Å². The minimum Gasteiger partial charge on any atom is -0.497 e. The molecule has 3 saturated heterocycles. The second-order valence-corrected chi connectivity index (χ2v) is 8.25. The van der Waals surface area contributed by atoms with Gasteiger partial charge in [-0.05, 0) is 49.4 Å². The van der Waals surface area contributed by atoms with Crippen molar-refractivity contribution < 1.29 is 9.53 Å². The standard InChI is InChI=1S/C21H30N4O2/c1-14-18-9-17(27-4)7-8-19(18)22-20(14)13-24-10-15-5-6-16(24)12-25(11-15)21(26)23(2)3/h7-9,15-16,22H,5-6,10-13H2,1-4H3/t15-,16-/m1/s1. The van der Waals surface area contributed by atoms with Crippen molar-refractivity contribution in [2.24, 2.45) is 5.92 Å². The summed E-state index contributed by atoms with van der Waals surface area (Å²) in [6.07, 6.45) is 2.40. The topological polar surface area (TPSA) is 51.8 Å².